The molecule has 3 rings (SSSR count). The molecule has 1 aliphatic heterocycles. The summed E-state index contributed by atoms with van der Waals surface area (Å²) >= 11 is 1.28. The Balaban J connectivity index is 2.06. The second-order valence-electron chi connectivity index (χ2n) is 7.96. The van der Waals surface area contributed by atoms with Crippen molar-refractivity contribution in [3.8, 4) is 6.07 Å². The van der Waals surface area contributed by atoms with Crippen LogP contribution in [0.3, 0.4) is 0 Å². The predicted octanol–water partition coefficient (Wildman–Crippen LogP) is 4.65. The maximum atomic E-state index is 13.5. The standard InChI is InChI=1S/C26H27N3O2S/c1-6-11-28-24(30)22(15-27)26-29(21-10-8-17(3)19(5)13-21)25(31)23(32-26)14-20-9-7-16(2)18(4)12-20/h6-10,12-13,23H,1,11,14H2,2-5H3,(H,28,30)/b26-22-. The molecule has 0 spiro atoms. The van der Waals surface area contributed by atoms with Crippen LogP contribution >= 0.6 is 11.8 Å². The van der Waals surface area contributed by atoms with E-state index in [9.17, 15) is 14.9 Å². The normalized spacial score (nSPS) is 17.2. The van der Waals surface area contributed by atoms with E-state index in [4.69, 9.17) is 0 Å². The zero-order chi connectivity index (χ0) is 23.4. The molecule has 0 aromatic heterocycles. The summed E-state index contributed by atoms with van der Waals surface area (Å²) in [5.74, 6) is -0.640. The molecule has 2 amide bonds. The van der Waals surface area contributed by atoms with Gasteiger partial charge in [0.25, 0.3) is 5.91 Å². The van der Waals surface area contributed by atoms with Crippen molar-refractivity contribution < 1.29 is 9.59 Å². The number of hydrogen-bond donors (Lipinski definition) is 1. The molecule has 0 aliphatic carbocycles. The molecule has 1 N–H and O–H groups in total. The molecule has 0 radical (unpaired) electrons. The molecule has 1 atom stereocenters. The van der Waals surface area contributed by atoms with Gasteiger partial charge >= 0.3 is 0 Å². The smallest absolute Gasteiger partial charge is 0.264 e. The summed E-state index contributed by atoms with van der Waals surface area (Å²) in [7, 11) is 0. The summed E-state index contributed by atoms with van der Waals surface area (Å²) in [6.07, 6.45) is 2.07. The van der Waals surface area contributed by atoms with Gasteiger partial charge in [0, 0.05) is 12.2 Å². The number of nitrogens with one attached hydrogen (secondary N) is 1. The van der Waals surface area contributed by atoms with E-state index in [1.165, 1.54) is 27.8 Å². The Morgan fingerprint density at radius 3 is 2.38 bits per heavy atom. The number of rotatable bonds is 6. The van der Waals surface area contributed by atoms with Crippen LogP contribution in [0.5, 0.6) is 0 Å². The molecule has 32 heavy (non-hydrogen) atoms. The summed E-state index contributed by atoms with van der Waals surface area (Å²) in [5, 5.41) is 12.4. The summed E-state index contributed by atoms with van der Waals surface area (Å²) in [6, 6.07) is 13.9. The molecule has 1 aliphatic rings. The highest BCUT2D eigenvalue weighted by atomic mass is 32.2. The second kappa shape index (κ2) is 9.88. The first-order valence-electron chi connectivity index (χ1n) is 10.4. The Kier molecular flexibility index (Phi) is 7.22. The minimum absolute atomic E-state index is 0.0639. The highest BCUT2D eigenvalue weighted by Crippen LogP contribution is 2.42. The van der Waals surface area contributed by atoms with E-state index in [0.717, 1.165) is 16.7 Å². The van der Waals surface area contributed by atoms with Gasteiger partial charge in [-0.1, -0.05) is 42.1 Å². The number of aryl methyl sites for hydroxylation is 4. The molecule has 2 aromatic rings. The zero-order valence-electron chi connectivity index (χ0n) is 18.9. The molecule has 1 saturated heterocycles. The Hall–Kier alpha value is -3.30. The van der Waals surface area contributed by atoms with E-state index in [0.29, 0.717) is 17.1 Å². The fourth-order valence-corrected chi connectivity index (χ4v) is 4.79. The van der Waals surface area contributed by atoms with E-state index in [1.807, 2.05) is 51.1 Å². The predicted molar refractivity (Wildman–Crippen MR) is 130 cm³/mol. The van der Waals surface area contributed by atoms with Gasteiger partial charge in [-0.3, -0.25) is 14.5 Å². The van der Waals surface area contributed by atoms with E-state index >= 15 is 0 Å². The monoisotopic (exact) mass is 445 g/mol. The molecule has 164 valence electrons. The third-order valence-corrected chi connectivity index (χ3v) is 6.92. The zero-order valence-corrected chi connectivity index (χ0v) is 19.7. The Morgan fingerprint density at radius 1 is 1.12 bits per heavy atom. The van der Waals surface area contributed by atoms with E-state index in [2.05, 4.69) is 31.0 Å². The first-order valence-corrected chi connectivity index (χ1v) is 11.3. The fraction of sp³-hybridized carbons (Fsp3) is 0.269. The number of anilines is 1. The van der Waals surface area contributed by atoms with Gasteiger partial charge in [-0.25, -0.2) is 0 Å². The Labute approximate surface area is 193 Å². The first-order chi connectivity index (χ1) is 15.3. The number of nitriles is 1. The van der Waals surface area contributed by atoms with E-state index in [1.54, 1.807) is 6.08 Å². The van der Waals surface area contributed by atoms with Gasteiger partial charge in [0.15, 0.2) is 0 Å². The van der Waals surface area contributed by atoms with Crippen LogP contribution in [0.2, 0.25) is 0 Å². The minimum atomic E-state index is -0.511. The van der Waals surface area contributed by atoms with Crippen LogP contribution in [0.4, 0.5) is 5.69 Å². The van der Waals surface area contributed by atoms with Crippen LogP contribution in [-0.2, 0) is 16.0 Å². The number of hydrogen-bond acceptors (Lipinski definition) is 4. The van der Waals surface area contributed by atoms with Crippen LogP contribution in [0.15, 0.2) is 59.7 Å². The van der Waals surface area contributed by atoms with Gasteiger partial charge in [-0.15, -0.1) is 6.58 Å². The van der Waals surface area contributed by atoms with Gasteiger partial charge in [0.1, 0.15) is 16.7 Å². The van der Waals surface area contributed by atoms with Crippen LogP contribution in [-0.4, -0.2) is 23.6 Å². The van der Waals surface area contributed by atoms with Gasteiger partial charge in [0.2, 0.25) is 5.91 Å². The SMILES string of the molecule is C=CCNC(=O)/C(C#N)=C1\SC(Cc2ccc(C)c(C)c2)C(=O)N1c1ccc(C)c(C)c1. The Morgan fingerprint density at radius 2 is 1.78 bits per heavy atom. The van der Waals surface area contributed by atoms with Crippen LogP contribution in [0, 0.1) is 39.0 Å². The van der Waals surface area contributed by atoms with Crippen molar-refractivity contribution in [1.82, 2.24) is 5.32 Å². The van der Waals surface area contributed by atoms with E-state index < -0.39 is 11.2 Å². The van der Waals surface area contributed by atoms with Gasteiger partial charge in [-0.05, 0) is 74.1 Å². The third kappa shape index (κ3) is 4.79. The molecule has 6 heteroatoms. The highest BCUT2D eigenvalue weighted by Gasteiger charge is 2.40. The van der Waals surface area contributed by atoms with Crippen molar-refractivity contribution in [3.63, 3.8) is 0 Å². The number of nitrogens with zero attached hydrogens (tertiary/aromatic N) is 2. The summed E-state index contributed by atoms with van der Waals surface area (Å²) in [5.41, 5.74) is 6.15. The number of benzene rings is 2. The van der Waals surface area contributed by atoms with Gasteiger partial charge in [0.05, 0.1) is 5.25 Å². The van der Waals surface area contributed by atoms with Gasteiger partial charge < -0.3 is 5.32 Å². The lowest BCUT2D eigenvalue weighted by Gasteiger charge is -2.20. The molecule has 1 unspecified atom stereocenters. The first kappa shape index (κ1) is 23.4. The molecule has 2 aromatic carbocycles. The maximum absolute atomic E-state index is 13.5. The van der Waals surface area contributed by atoms with Crippen molar-refractivity contribution in [2.45, 2.75) is 39.4 Å². The summed E-state index contributed by atoms with van der Waals surface area (Å²) in [6.45, 7) is 11.9. The van der Waals surface area contributed by atoms with Crippen molar-refractivity contribution in [3.05, 3.63) is 87.5 Å². The number of amides is 2. The Bertz CT molecular complexity index is 1160. The van der Waals surface area contributed by atoms with Crippen molar-refractivity contribution in [2.75, 3.05) is 11.4 Å². The lowest BCUT2D eigenvalue weighted by molar-refractivity contribution is -0.117. The molecular formula is C26H27N3O2S. The van der Waals surface area contributed by atoms with Crippen molar-refractivity contribution in [1.29, 1.82) is 5.26 Å². The fourth-order valence-electron chi connectivity index (χ4n) is 3.48. The number of thioether (sulfide) groups is 1. The van der Waals surface area contributed by atoms with Crippen molar-refractivity contribution in [2.24, 2.45) is 0 Å². The molecule has 0 saturated carbocycles. The molecule has 5 nitrogen and oxygen atoms in total. The summed E-state index contributed by atoms with van der Waals surface area (Å²) in [4.78, 5) is 27.7. The quantitative estimate of drug-likeness (QED) is 0.399. The van der Waals surface area contributed by atoms with Crippen LogP contribution < -0.4 is 10.2 Å². The summed E-state index contributed by atoms with van der Waals surface area (Å²) < 4.78 is 0. The lowest BCUT2D eigenvalue weighted by atomic mass is 10.0. The minimum Gasteiger partial charge on any atom is -0.348 e. The number of carbonyl (C=O) groups is 2. The average Bonchev–Trinajstić information content (AvgIpc) is 3.07. The molecular weight excluding hydrogens is 418 g/mol. The topological polar surface area (TPSA) is 73.2 Å². The lowest BCUT2D eigenvalue weighted by Crippen LogP contribution is -2.32. The highest BCUT2D eigenvalue weighted by molar-refractivity contribution is 8.05. The molecule has 1 heterocycles. The van der Waals surface area contributed by atoms with Crippen molar-refractivity contribution >= 4 is 29.3 Å². The number of carbonyl (C=O) groups excluding carboxylic acids is 2. The maximum Gasteiger partial charge on any atom is 0.264 e. The van der Waals surface area contributed by atoms with Gasteiger partial charge in [-0.2, -0.15) is 5.26 Å². The average molecular weight is 446 g/mol. The third-order valence-electron chi connectivity index (χ3n) is 5.65. The van der Waals surface area contributed by atoms with Crippen LogP contribution in [0.1, 0.15) is 27.8 Å². The second-order valence-corrected chi connectivity index (χ2v) is 9.15. The van der Waals surface area contributed by atoms with E-state index in [-0.39, 0.29) is 18.0 Å². The molecule has 1 fully saturated rings. The van der Waals surface area contributed by atoms with Crippen LogP contribution in [0.25, 0.3) is 0 Å². The molecule has 0 bridgehead atoms. The largest absolute Gasteiger partial charge is 0.348 e.